The Morgan fingerprint density at radius 2 is 1.83 bits per heavy atom. The Bertz CT molecular complexity index is 128. The van der Waals surface area contributed by atoms with Gasteiger partial charge in [-0.15, -0.1) is 0 Å². The van der Waals surface area contributed by atoms with E-state index in [2.05, 4.69) is 21.1 Å². The van der Waals surface area contributed by atoms with Crippen molar-refractivity contribution in [2.24, 2.45) is 0 Å². The summed E-state index contributed by atoms with van der Waals surface area (Å²) in [6.45, 7) is 2.03. The first-order chi connectivity index (χ1) is 5.50. The summed E-state index contributed by atoms with van der Waals surface area (Å²) in [7, 11) is 6.25. The van der Waals surface area contributed by atoms with E-state index >= 15 is 0 Å². The van der Waals surface area contributed by atoms with Gasteiger partial charge in [0.1, 0.15) is 0 Å². The molecule has 3 nitrogen and oxygen atoms in total. The van der Waals surface area contributed by atoms with Crippen LogP contribution in [0.2, 0.25) is 0 Å². The number of unbranched alkanes of at least 4 members (excludes halogenated alkanes) is 1. The summed E-state index contributed by atoms with van der Waals surface area (Å²) in [5.41, 5.74) is 0. The van der Waals surface area contributed by atoms with E-state index in [1.807, 2.05) is 6.92 Å². The molecule has 0 amide bonds. The topological polar surface area (TPSA) is 51.3 Å². The lowest BCUT2D eigenvalue weighted by atomic mass is 10.3. The van der Waals surface area contributed by atoms with Crippen LogP contribution in [0.25, 0.3) is 0 Å². The molecule has 3 heteroatoms. The fourth-order valence-corrected chi connectivity index (χ4v) is 0.357. The van der Waals surface area contributed by atoms with E-state index in [-0.39, 0.29) is 0 Å². The van der Waals surface area contributed by atoms with E-state index in [9.17, 15) is 5.11 Å². The number of rotatable bonds is 3. The van der Waals surface area contributed by atoms with Crippen molar-refractivity contribution in [2.45, 2.75) is 19.8 Å². The van der Waals surface area contributed by atoms with Crippen molar-refractivity contribution >= 4 is 5.90 Å². The maximum Gasteiger partial charge on any atom is 0.0661 e. The Hall–Kier alpha value is -0.830. The summed E-state index contributed by atoms with van der Waals surface area (Å²) < 4.78 is 0. The Morgan fingerprint density at radius 1 is 1.42 bits per heavy atom. The molecule has 0 atom stereocenters. The molecule has 0 aromatic heterocycles. The van der Waals surface area contributed by atoms with Gasteiger partial charge in [-0.1, -0.05) is 25.5 Å². The number of allylic oxidation sites excluding steroid dienone is 1. The summed E-state index contributed by atoms with van der Waals surface area (Å²) in [6, 6.07) is 0. The first kappa shape index (κ1) is 13.7. The molecule has 0 radical (unpaired) electrons. The van der Waals surface area contributed by atoms with Crippen molar-refractivity contribution in [1.82, 2.24) is 0 Å². The zero-order chi connectivity index (χ0) is 9.98. The van der Waals surface area contributed by atoms with Crippen LogP contribution in [0.1, 0.15) is 19.8 Å². The highest BCUT2D eigenvalue weighted by atomic mass is 16.3. The zero-order valence-corrected chi connectivity index (χ0v) is 8.48. The minimum Gasteiger partial charge on any atom is -0.859 e. The summed E-state index contributed by atoms with van der Waals surface area (Å²) in [6.07, 6.45) is 4.92. The van der Waals surface area contributed by atoms with Crippen LogP contribution in [0.5, 0.6) is 0 Å². The summed E-state index contributed by atoms with van der Waals surface area (Å²) >= 11 is 0. The Morgan fingerprint density at radius 3 is 2.08 bits per heavy atom. The molecule has 0 aromatic carbocycles. The minimum absolute atomic E-state index is 0.613. The lowest BCUT2D eigenvalue weighted by Crippen LogP contribution is -3.02. The maximum atomic E-state index is 9.90. The van der Waals surface area contributed by atoms with Crippen LogP contribution in [0, 0.1) is 5.41 Å². The second-order valence-electron chi connectivity index (χ2n) is 3.06. The van der Waals surface area contributed by atoms with Crippen LogP contribution in [-0.4, -0.2) is 27.0 Å². The first-order valence-corrected chi connectivity index (χ1v) is 4.19. The van der Waals surface area contributed by atoms with Crippen LogP contribution in [-0.2, 0) is 0 Å². The standard InChI is InChI=1S/C6H11NO.C3H9N/c1-2-3-4-5-6(7)8;1-4(2)3/h4-5H,2-3H2,1H3,(H2,7,8);1-3H3. The molecule has 0 aliphatic rings. The third-order valence-electron chi connectivity index (χ3n) is 0.725. The molecule has 0 aliphatic carbocycles. The number of nitrogens with one attached hydrogen (secondary N) is 2. The molecule has 0 fully saturated rings. The molecule has 0 aliphatic heterocycles. The van der Waals surface area contributed by atoms with Crippen molar-refractivity contribution in [3.63, 3.8) is 0 Å². The molecular formula is C9H20N2O. The third kappa shape index (κ3) is 35.2. The van der Waals surface area contributed by atoms with E-state index in [1.54, 1.807) is 6.08 Å². The smallest absolute Gasteiger partial charge is 0.0661 e. The van der Waals surface area contributed by atoms with Crippen LogP contribution in [0.3, 0.4) is 0 Å². The van der Waals surface area contributed by atoms with Crippen molar-refractivity contribution in [3.05, 3.63) is 12.2 Å². The Kier molecular flexibility index (Phi) is 11.6. The van der Waals surface area contributed by atoms with Gasteiger partial charge in [-0.25, -0.2) is 0 Å². The Labute approximate surface area is 75.2 Å². The Balaban J connectivity index is 0. The van der Waals surface area contributed by atoms with Crippen molar-refractivity contribution in [3.8, 4) is 0 Å². The minimum atomic E-state index is -0.613. The van der Waals surface area contributed by atoms with Crippen LogP contribution in [0.4, 0.5) is 0 Å². The van der Waals surface area contributed by atoms with Gasteiger partial charge < -0.3 is 15.4 Å². The molecule has 0 heterocycles. The van der Waals surface area contributed by atoms with Crippen LogP contribution >= 0.6 is 0 Å². The summed E-state index contributed by atoms with van der Waals surface area (Å²) in [5.74, 6) is -0.613. The zero-order valence-electron chi connectivity index (χ0n) is 8.48. The molecule has 72 valence electrons. The highest BCUT2D eigenvalue weighted by molar-refractivity contribution is 5.80. The number of hydrogen-bond acceptors (Lipinski definition) is 2. The normalized spacial score (nSPS) is 9.75. The SMILES string of the molecule is CCCC=CC(=N)[O-].C[NH+](C)C. The molecule has 0 aromatic rings. The van der Waals surface area contributed by atoms with E-state index < -0.39 is 5.90 Å². The van der Waals surface area contributed by atoms with Gasteiger partial charge in [-0.2, -0.15) is 0 Å². The van der Waals surface area contributed by atoms with Gasteiger partial charge in [-0.05, 0) is 12.3 Å². The lowest BCUT2D eigenvalue weighted by molar-refractivity contribution is -0.836. The maximum absolute atomic E-state index is 9.90. The summed E-state index contributed by atoms with van der Waals surface area (Å²) in [5, 5.41) is 16.3. The number of quaternary nitrogens is 1. The quantitative estimate of drug-likeness (QED) is 0.435. The molecule has 0 unspecified atom stereocenters. The summed E-state index contributed by atoms with van der Waals surface area (Å²) in [4.78, 5) is 1.42. The molecule has 0 rings (SSSR count). The molecular weight excluding hydrogens is 152 g/mol. The predicted octanol–water partition coefficient (Wildman–Crippen LogP) is -0.559. The van der Waals surface area contributed by atoms with E-state index in [0.717, 1.165) is 12.8 Å². The van der Waals surface area contributed by atoms with Gasteiger partial charge >= 0.3 is 0 Å². The van der Waals surface area contributed by atoms with Gasteiger partial charge in [0.25, 0.3) is 0 Å². The van der Waals surface area contributed by atoms with Crippen molar-refractivity contribution < 1.29 is 10.0 Å². The van der Waals surface area contributed by atoms with E-state index in [4.69, 9.17) is 5.41 Å². The van der Waals surface area contributed by atoms with Crippen LogP contribution in [0.15, 0.2) is 12.2 Å². The predicted molar refractivity (Wildman–Crippen MR) is 50.5 cm³/mol. The van der Waals surface area contributed by atoms with E-state index in [1.165, 1.54) is 11.0 Å². The molecule has 0 bridgehead atoms. The van der Waals surface area contributed by atoms with Gasteiger partial charge in [0, 0.05) is 0 Å². The lowest BCUT2D eigenvalue weighted by Gasteiger charge is -1.95. The van der Waals surface area contributed by atoms with Gasteiger partial charge in [0.2, 0.25) is 0 Å². The second-order valence-corrected chi connectivity index (χ2v) is 3.06. The van der Waals surface area contributed by atoms with Crippen LogP contribution < -0.4 is 10.0 Å². The number of hydrogen-bond donors (Lipinski definition) is 2. The highest BCUT2D eigenvalue weighted by Crippen LogP contribution is 1.86. The average molecular weight is 172 g/mol. The molecule has 0 spiro atoms. The fraction of sp³-hybridized carbons (Fsp3) is 0.667. The fourth-order valence-electron chi connectivity index (χ4n) is 0.357. The molecule has 2 N–H and O–H groups in total. The van der Waals surface area contributed by atoms with Crippen molar-refractivity contribution in [1.29, 1.82) is 5.41 Å². The van der Waals surface area contributed by atoms with Gasteiger partial charge in [0.15, 0.2) is 0 Å². The first-order valence-electron chi connectivity index (χ1n) is 4.19. The van der Waals surface area contributed by atoms with Gasteiger partial charge in [-0.3, -0.25) is 0 Å². The van der Waals surface area contributed by atoms with E-state index in [0.29, 0.717) is 0 Å². The second kappa shape index (κ2) is 10.2. The van der Waals surface area contributed by atoms with Gasteiger partial charge in [0.05, 0.1) is 21.1 Å². The largest absolute Gasteiger partial charge is 0.859 e. The molecule has 0 saturated heterocycles. The average Bonchev–Trinajstić information content (AvgIpc) is 1.86. The molecule has 12 heavy (non-hydrogen) atoms. The highest BCUT2D eigenvalue weighted by Gasteiger charge is 1.69. The van der Waals surface area contributed by atoms with Crippen molar-refractivity contribution in [2.75, 3.05) is 21.1 Å². The monoisotopic (exact) mass is 172 g/mol. The molecule has 0 saturated carbocycles. The third-order valence-corrected chi connectivity index (χ3v) is 0.725.